The highest BCUT2D eigenvalue weighted by atomic mass is 16.5. The molecule has 0 aliphatic heterocycles. The summed E-state index contributed by atoms with van der Waals surface area (Å²) >= 11 is 0. The summed E-state index contributed by atoms with van der Waals surface area (Å²) in [5.41, 5.74) is 1.02. The predicted molar refractivity (Wildman–Crippen MR) is 84.6 cm³/mol. The van der Waals surface area contributed by atoms with Gasteiger partial charge in [0.05, 0.1) is 12.2 Å². The van der Waals surface area contributed by atoms with Gasteiger partial charge in [-0.05, 0) is 26.2 Å². The van der Waals surface area contributed by atoms with E-state index in [-0.39, 0.29) is 0 Å². The quantitative estimate of drug-likeness (QED) is 0.654. The largest absolute Gasteiger partial charge is 0.477 e. The molecular weight excluding hydrogens is 250 g/mol. The number of ether oxygens (including phenoxy) is 1. The molecule has 0 aliphatic rings. The van der Waals surface area contributed by atoms with E-state index in [2.05, 4.69) is 36.1 Å². The van der Waals surface area contributed by atoms with Gasteiger partial charge in [0.25, 0.3) is 0 Å². The van der Waals surface area contributed by atoms with Crippen LogP contribution in [0, 0.1) is 6.92 Å². The normalized spacial score (nSPS) is 10.6. The lowest BCUT2D eigenvalue weighted by Gasteiger charge is -2.14. The maximum absolute atomic E-state index is 5.86. The number of anilines is 1. The second-order valence-corrected chi connectivity index (χ2v) is 5.15. The average molecular weight is 279 g/mol. The van der Waals surface area contributed by atoms with Crippen LogP contribution in [0.1, 0.15) is 64.3 Å². The maximum atomic E-state index is 5.86. The zero-order valence-corrected chi connectivity index (χ0v) is 13.5. The van der Waals surface area contributed by atoms with Crippen molar-refractivity contribution < 1.29 is 4.74 Å². The fourth-order valence-corrected chi connectivity index (χ4v) is 1.95. The summed E-state index contributed by atoms with van der Waals surface area (Å²) in [4.78, 5) is 9.16. The Hall–Kier alpha value is -1.32. The molecule has 0 unspecified atom stereocenters. The summed E-state index contributed by atoms with van der Waals surface area (Å²) in [6.45, 7) is 10.2. The predicted octanol–water partition coefficient (Wildman–Crippen LogP) is 4.13. The third-order valence-electron chi connectivity index (χ3n) is 3.15. The molecule has 0 spiro atoms. The second-order valence-electron chi connectivity index (χ2n) is 5.15. The van der Waals surface area contributed by atoms with E-state index in [1.54, 1.807) is 0 Å². The molecule has 0 amide bonds. The average Bonchev–Trinajstić information content (AvgIpc) is 2.45. The van der Waals surface area contributed by atoms with Crippen molar-refractivity contribution >= 4 is 5.82 Å². The summed E-state index contributed by atoms with van der Waals surface area (Å²) in [5.74, 6) is 2.55. The van der Waals surface area contributed by atoms with Crippen LogP contribution in [0.25, 0.3) is 0 Å². The monoisotopic (exact) mass is 279 g/mol. The molecule has 1 aromatic rings. The number of hydrogen-bond donors (Lipinski definition) is 1. The number of aryl methyl sites for hydroxylation is 1. The van der Waals surface area contributed by atoms with Crippen LogP contribution < -0.4 is 10.1 Å². The van der Waals surface area contributed by atoms with E-state index in [1.165, 1.54) is 12.8 Å². The Kier molecular flexibility index (Phi) is 8.00. The van der Waals surface area contributed by atoms with Crippen molar-refractivity contribution in [1.29, 1.82) is 0 Å². The van der Waals surface area contributed by atoms with E-state index in [0.717, 1.165) is 61.9 Å². The standard InChI is InChI=1S/C16H29N3O/c1-5-8-9-12-20-16-13(4)15(17-11-7-3)18-14(19-16)10-6-2/h5-12H2,1-4H3,(H,17,18,19). The lowest BCUT2D eigenvalue weighted by atomic mass is 10.2. The molecule has 4 nitrogen and oxygen atoms in total. The first-order chi connectivity index (χ1) is 9.72. The molecule has 0 aliphatic carbocycles. The van der Waals surface area contributed by atoms with E-state index in [9.17, 15) is 0 Å². The smallest absolute Gasteiger partial charge is 0.221 e. The van der Waals surface area contributed by atoms with Crippen molar-refractivity contribution in [2.45, 2.75) is 66.2 Å². The third-order valence-corrected chi connectivity index (χ3v) is 3.15. The molecule has 0 fully saturated rings. The Bertz CT molecular complexity index is 394. The van der Waals surface area contributed by atoms with E-state index in [1.807, 2.05) is 6.92 Å². The van der Waals surface area contributed by atoms with Crippen molar-refractivity contribution in [2.24, 2.45) is 0 Å². The van der Waals surface area contributed by atoms with Gasteiger partial charge < -0.3 is 10.1 Å². The zero-order valence-electron chi connectivity index (χ0n) is 13.5. The minimum absolute atomic E-state index is 0.741. The fourth-order valence-electron chi connectivity index (χ4n) is 1.95. The number of nitrogens with one attached hydrogen (secondary N) is 1. The van der Waals surface area contributed by atoms with Crippen molar-refractivity contribution in [3.63, 3.8) is 0 Å². The first-order valence-corrected chi connectivity index (χ1v) is 7.97. The summed E-state index contributed by atoms with van der Waals surface area (Å²) in [6, 6.07) is 0. The summed E-state index contributed by atoms with van der Waals surface area (Å²) in [6.07, 6.45) is 6.52. The van der Waals surface area contributed by atoms with Crippen LogP contribution in [0.5, 0.6) is 5.88 Å². The summed E-state index contributed by atoms with van der Waals surface area (Å²) in [5, 5.41) is 3.37. The first kappa shape index (κ1) is 16.7. The molecule has 1 heterocycles. The van der Waals surface area contributed by atoms with Gasteiger partial charge >= 0.3 is 0 Å². The van der Waals surface area contributed by atoms with Crippen LogP contribution in [0.15, 0.2) is 0 Å². The molecule has 0 saturated carbocycles. The van der Waals surface area contributed by atoms with Crippen LogP contribution in [-0.4, -0.2) is 23.1 Å². The third kappa shape index (κ3) is 5.35. The molecule has 20 heavy (non-hydrogen) atoms. The maximum Gasteiger partial charge on any atom is 0.221 e. The highest BCUT2D eigenvalue weighted by Crippen LogP contribution is 2.23. The second kappa shape index (κ2) is 9.56. The van der Waals surface area contributed by atoms with Crippen molar-refractivity contribution in [2.75, 3.05) is 18.5 Å². The molecule has 0 radical (unpaired) electrons. The number of unbranched alkanes of at least 4 members (excludes halogenated alkanes) is 2. The summed E-state index contributed by atoms with van der Waals surface area (Å²) in [7, 11) is 0. The van der Waals surface area contributed by atoms with Gasteiger partial charge in [0.1, 0.15) is 11.6 Å². The number of nitrogens with zero attached hydrogens (tertiary/aromatic N) is 2. The Morgan fingerprint density at radius 1 is 1.00 bits per heavy atom. The SMILES string of the molecule is CCCCCOc1nc(CCC)nc(NCCC)c1C. The highest BCUT2D eigenvalue weighted by molar-refractivity contribution is 5.48. The molecular formula is C16H29N3O. The zero-order chi connectivity index (χ0) is 14.8. The Morgan fingerprint density at radius 3 is 2.45 bits per heavy atom. The lowest BCUT2D eigenvalue weighted by Crippen LogP contribution is -2.10. The highest BCUT2D eigenvalue weighted by Gasteiger charge is 2.11. The van der Waals surface area contributed by atoms with E-state index >= 15 is 0 Å². The van der Waals surface area contributed by atoms with Crippen molar-refractivity contribution in [1.82, 2.24) is 9.97 Å². The minimum Gasteiger partial charge on any atom is -0.477 e. The summed E-state index contributed by atoms with van der Waals surface area (Å²) < 4.78 is 5.86. The van der Waals surface area contributed by atoms with Crippen LogP contribution in [0.4, 0.5) is 5.82 Å². The van der Waals surface area contributed by atoms with E-state index in [4.69, 9.17) is 4.74 Å². The molecule has 1 rings (SSSR count). The Labute approximate surface area is 123 Å². The van der Waals surface area contributed by atoms with Gasteiger partial charge in [-0.25, -0.2) is 4.98 Å². The molecule has 4 heteroatoms. The van der Waals surface area contributed by atoms with Crippen molar-refractivity contribution in [3.8, 4) is 5.88 Å². The lowest BCUT2D eigenvalue weighted by molar-refractivity contribution is 0.291. The van der Waals surface area contributed by atoms with Gasteiger partial charge in [0.2, 0.25) is 5.88 Å². The molecule has 114 valence electrons. The van der Waals surface area contributed by atoms with Gasteiger partial charge in [-0.2, -0.15) is 4.98 Å². The van der Waals surface area contributed by atoms with Crippen LogP contribution >= 0.6 is 0 Å². The van der Waals surface area contributed by atoms with Crippen LogP contribution in [0.2, 0.25) is 0 Å². The van der Waals surface area contributed by atoms with Gasteiger partial charge in [0, 0.05) is 13.0 Å². The Balaban J connectivity index is 2.80. The van der Waals surface area contributed by atoms with Gasteiger partial charge in [-0.1, -0.05) is 33.6 Å². The molecule has 0 bridgehead atoms. The van der Waals surface area contributed by atoms with E-state index < -0.39 is 0 Å². The number of hydrogen-bond acceptors (Lipinski definition) is 4. The van der Waals surface area contributed by atoms with Crippen molar-refractivity contribution in [3.05, 3.63) is 11.4 Å². The molecule has 1 aromatic heterocycles. The topological polar surface area (TPSA) is 47.0 Å². The van der Waals surface area contributed by atoms with Crippen LogP contribution in [0.3, 0.4) is 0 Å². The van der Waals surface area contributed by atoms with Crippen LogP contribution in [-0.2, 0) is 6.42 Å². The van der Waals surface area contributed by atoms with Gasteiger partial charge in [0.15, 0.2) is 0 Å². The number of aromatic nitrogens is 2. The van der Waals surface area contributed by atoms with Gasteiger partial charge in [-0.15, -0.1) is 0 Å². The van der Waals surface area contributed by atoms with Gasteiger partial charge in [-0.3, -0.25) is 0 Å². The first-order valence-electron chi connectivity index (χ1n) is 7.97. The molecule has 0 aromatic carbocycles. The number of rotatable bonds is 10. The van der Waals surface area contributed by atoms with E-state index in [0.29, 0.717) is 0 Å². The molecule has 0 atom stereocenters. The molecule has 0 saturated heterocycles. The minimum atomic E-state index is 0.741. The molecule has 1 N–H and O–H groups in total. The fraction of sp³-hybridized carbons (Fsp3) is 0.750. The Morgan fingerprint density at radius 2 is 1.80 bits per heavy atom.